The molecule has 1 aromatic carbocycles. The van der Waals surface area contributed by atoms with Crippen LogP contribution in [-0.2, 0) is 9.53 Å². The third-order valence-corrected chi connectivity index (χ3v) is 4.41. The lowest BCUT2D eigenvalue weighted by molar-refractivity contribution is -0.124. The SMILES string of the molecule is CC1CN(C(C)(C)CNC(=O)C(N)c2ccccc2)CC(C)O1.Cl.Cl. The molecule has 0 saturated carbocycles. The Morgan fingerprint density at radius 1 is 1.24 bits per heavy atom. The average Bonchev–Trinajstić information content (AvgIpc) is 2.52. The van der Waals surface area contributed by atoms with Gasteiger partial charge in [-0.3, -0.25) is 9.69 Å². The van der Waals surface area contributed by atoms with Gasteiger partial charge in [0, 0.05) is 25.2 Å². The Morgan fingerprint density at radius 2 is 1.76 bits per heavy atom. The molecule has 5 nitrogen and oxygen atoms in total. The number of nitrogens with one attached hydrogen (secondary N) is 1. The summed E-state index contributed by atoms with van der Waals surface area (Å²) in [4.78, 5) is 14.7. The van der Waals surface area contributed by atoms with Crippen LogP contribution >= 0.6 is 24.8 Å². The van der Waals surface area contributed by atoms with E-state index in [1.165, 1.54) is 0 Å². The first-order valence-electron chi connectivity index (χ1n) is 8.28. The highest BCUT2D eigenvalue weighted by Crippen LogP contribution is 2.21. The van der Waals surface area contributed by atoms with Crippen molar-refractivity contribution in [3.05, 3.63) is 35.9 Å². The predicted molar refractivity (Wildman–Crippen MR) is 107 cm³/mol. The molecular weight excluding hydrogens is 361 g/mol. The van der Waals surface area contributed by atoms with Gasteiger partial charge in [0.05, 0.1) is 12.2 Å². The molecule has 0 radical (unpaired) electrons. The number of nitrogens with zero attached hydrogens (tertiary/aromatic N) is 1. The van der Waals surface area contributed by atoms with Crippen LogP contribution in [0, 0.1) is 0 Å². The van der Waals surface area contributed by atoms with E-state index < -0.39 is 6.04 Å². The Morgan fingerprint density at radius 3 is 2.28 bits per heavy atom. The zero-order chi connectivity index (χ0) is 17.0. The van der Waals surface area contributed by atoms with Crippen molar-refractivity contribution >= 4 is 30.7 Å². The molecule has 0 bridgehead atoms. The van der Waals surface area contributed by atoms with Gasteiger partial charge in [0.25, 0.3) is 0 Å². The average molecular weight is 392 g/mol. The summed E-state index contributed by atoms with van der Waals surface area (Å²) in [5.41, 5.74) is 6.73. The van der Waals surface area contributed by atoms with Gasteiger partial charge in [-0.05, 0) is 33.3 Å². The van der Waals surface area contributed by atoms with Gasteiger partial charge in [-0.2, -0.15) is 0 Å². The fourth-order valence-corrected chi connectivity index (χ4v) is 3.01. The summed E-state index contributed by atoms with van der Waals surface area (Å²) in [5.74, 6) is -0.140. The third kappa shape index (κ3) is 6.76. The summed E-state index contributed by atoms with van der Waals surface area (Å²) in [7, 11) is 0. The van der Waals surface area contributed by atoms with Crippen molar-refractivity contribution in [1.29, 1.82) is 0 Å². The van der Waals surface area contributed by atoms with E-state index in [2.05, 4.69) is 37.9 Å². The normalized spacial score (nSPS) is 22.3. The smallest absolute Gasteiger partial charge is 0.241 e. The van der Waals surface area contributed by atoms with E-state index >= 15 is 0 Å². The van der Waals surface area contributed by atoms with E-state index in [0.29, 0.717) is 6.54 Å². The molecule has 1 saturated heterocycles. The van der Waals surface area contributed by atoms with E-state index in [0.717, 1.165) is 18.7 Å². The lowest BCUT2D eigenvalue weighted by Gasteiger charge is -2.45. The van der Waals surface area contributed by atoms with Crippen LogP contribution in [0.2, 0.25) is 0 Å². The predicted octanol–water partition coefficient (Wildman–Crippen LogP) is 2.53. The molecule has 0 aliphatic carbocycles. The lowest BCUT2D eigenvalue weighted by atomic mass is 9.99. The van der Waals surface area contributed by atoms with Crippen LogP contribution in [-0.4, -0.2) is 48.2 Å². The zero-order valence-electron chi connectivity index (χ0n) is 15.4. The molecule has 1 heterocycles. The first-order chi connectivity index (χ1) is 10.8. The van der Waals surface area contributed by atoms with E-state index in [1.54, 1.807) is 0 Å². The van der Waals surface area contributed by atoms with Crippen molar-refractivity contribution in [1.82, 2.24) is 10.2 Å². The number of hydrogen-bond donors (Lipinski definition) is 2. The maximum absolute atomic E-state index is 12.3. The molecule has 1 fully saturated rings. The topological polar surface area (TPSA) is 67.6 Å². The van der Waals surface area contributed by atoms with Crippen molar-refractivity contribution in [2.45, 2.75) is 51.5 Å². The number of nitrogens with two attached hydrogens (primary N) is 1. The highest BCUT2D eigenvalue weighted by atomic mass is 35.5. The third-order valence-electron chi connectivity index (χ3n) is 4.41. The number of rotatable bonds is 5. The minimum Gasteiger partial charge on any atom is -0.373 e. The van der Waals surface area contributed by atoms with Gasteiger partial charge in [0.2, 0.25) is 5.91 Å². The molecule has 1 aliphatic rings. The van der Waals surface area contributed by atoms with Gasteiger partial charge in [-0.15, -0.1) is 24.8 Å². The Bertz CT molecular complexity index is 518. The van der Waals surface area contributed by atoms with Gasteiger partial charge in [-0.25, -0.2) is 0 Å². The number of halogens is 2. The Balaban J connectivity index is 0.00000288. The highest BCUT2D eigenvalue weighted by Gasteiger charge is 2.33. The van der Waals surface area contributed by atoms with Crippen molar-refractivity contribution in [2.75, 3.05) is 19.6 Å². The summed E-state index contributed by atoms with van der Waals surface area (Å²) in [6, 6.07) is 8.82. The maximum Gasteiger partial charge on any atom is 0.241 e. The first-order valence-corrected chi connectivity index (χ1v) is 8.28. The second-order valence-corrected chi connectivity index (χ2v) is 7.08. The summed E-state index contributed by atoms with van der Waals surface area (Å²) < 4.78 is 5.78. The van der Waals surface area contributed by atoms with Crippen molar-refractivity contribution in [3.8, 4) is 0 Å². The quantitative estimate of drug-likeness (QED) is 0.808. The fourth-order valence-electron chi connectivity index (χ4n) is 3.01. The molecule has 3 atom stereocenters. The summed E-state index contributed by atoms with van der Waals surface area (Å²) in [5, 5.41) is 3.00. The standard InChI is InChI=1S/C18H29N3O2.2ClH/c1-13-10-21(11-14(2)23-13)18(3,4)12-20-17(22)16(19)15-8-6-5-7-9-15;;/h5-9,13-14,16H,10-12,19H2,1-4H3,(H,20,22);2*1H. The lowest BCUT2D eigenvalue weighted by Crippen LogP contribution is -2.59. The molecule has 2 rings (SSSR count). The van der Waals surface area contributed by atoms with E-state index in [-0.39, 0.29) is 48.5 Å². The molecule has 1 aromatic rings. The van der Waals surface area contributed by atoms with Gasteiger partial charge in [0.1, 0.15) is 6.04 Å². The van der Waals surface area contributed by atoms with E-state index in [9.17, 15) is 4.79 Å². The Kier molecular flexibility index (Phi) is 9.98. The molecule has 144 valence electrons. The molecule has 0 spiro atoms. The number of carbonyl (C=O) groups excluding carboxylic acids is 1. The molecule has 25 heavy (non-hydrogen) atoms. The second-order valence-electron chi connectivity index (χ2n) is 7.08. The molecule has 1 amide bonds. The Hall–Kier alpha value is -0.850. The minimum atomic E-state index is -0.630. The van der Waals surface area contributed by atoms with Crippen molar-refractivity contribution < 1.29 is 9.53 Å². The van der Waals surface area contributed by atoms with E-state index in [4.69, 9.17) is 10.5 Å². The summed E-state index contributed by atoms with van der Waals surface area (Å²) in [6.07, 6.45) is 0.417. The molecule has 7 heteroatoms. The largest absolute Gasteiger partial charge is 0.373 e. The van der Waals surface area contributed by atoms with Crippen LogP contribution in [0.4, 0.5) is 0 Å². The summed E-state index contributed by atoms with van der Waals surface area (Å²) >= 11 is 0. The second kappa shape index (κ2) is 10.3. The number of hydrogen-bond acceptors (Lipinski definition) is 4. The minimum absolute atomic E-state index is 0. The summed E-state index contributed by atoms with van der Waals surface area (Å²) in [6.45, 7) is 10.8. The van der Waals surface area contributed by atoms with Gasteiger partial charge in [0.15, 0.2) is 0 Å². The number of benzene rings is 1. The molecule has 0 aromatic heterocycles. The number of amides is 1. The van der Waals surface area contributed by atoms with Crippen LogP contribution in [0.5, 0.6) is 0 Å². The van der Waals surface area contributed by atoms with Crippen LogP contribution in [0.1, 0.15) is 39.3 Å². The molecule has 3 unspecified atom stereocenters. The number of ether oxygens (including phenoxy) is 1. The first kappa shape index (κ1) is 24.1. The van der Waals surface area contributed by atoms with E-state index in [1.807, 2.05) is 30.3 Å². The monoisotopic (exact) mass is 391 g/mol. The number of carbonyl (C=O) groups is 1. The number of morpholine rings is 1. The molecule has 3 N–H and O–H groups in total. The van der Waals surface area contributed by atoms with Crippen LogP contribution in [0.3, 0.4) is 0 Å². The van der Waals surface area contributed by atoms with Gasteiger partial charge < -0.3 is 15.8 Å². The van der Waals surface area contributed by atoms with Crippen LogP contribution < -0.4 is 11.1 Å². The van der Waals surface area contributed by atoms with Gasteiger partial charge >= 0.3 is 0 Å². The van der Waals surface area contributed by atoms with Crippen LogP contribution in [0.25, 0.3) is 0 Å². The molecule has 1 aliphatic heterocycles. The zero-order valence-corrected chi connectivity index (χ0v) is 17.0. The Labute approximate surface area is 163 Å². The van der Waals surface area contributed by atoms with Gasteiger partial charge in [-0.1, -0.05) is 30.3 Å². The van der Waals surface area contributed by atoms with Crippen molar-refractivity contribution in [3.63, 3.8) is 0 Å². The molecular formula is C18H31Cl2N3O2. The fraction of sp³-hybridized carbons (Fsp3) is 0.611. The highest BCUT2D eigenvalue weighted by molar-refractivity contribution is 5.85. The van der Waals surface area contributed by atoms with Crippen molar-refractivity contribution in [2.24, 2.45) is 5.73 Å². The maximum atomic E-state index is 12.3. The van der Waals surface area contributed by atoms with Crippen LogP contribution in [0.15, 0.2) is 30.3 Å².